The van der Waals surface area contributed by atoms with E-state index in [4.69, 9.17) is 4.74 Å². The third kappa shape index (κ3) is 4.35. The molecule has 1 N–H and O–H groups in total. The Morgan fingerprint density at radius 1 is 0.935 bits per heavy atom. The molecule has 0 spiro atoms. The topological polar surface area (TPSA) is 55.4 Å². The number of carbonyl (C=O) groups excluding carboxylic acids is 2. The molecule has 1 amide bonds. The summed E-state index contributed by atoms with van der Waals surface area (Å²) < 4.78 is 123. The molecule has 0 saturated heterocycles. The third-order valence-electron chi connectivity index (χ3n) is 4.38. The van der Waals surface area contributed by atoms with Crippen molar-refractivity contribution < 1.29 is 53.8 Å². The summed E-state index contributed by atoms with van der Waals surface area (Å²) in [5.41, 5.74) is -0.101. The van der Waals surface area contributed by atoms with Gasteiger partial charge in [0.2, 0.25) is 0 Å². The molecule has 0 bridgehead atoms. The maximum atomic E-state index is 13.9. The van der Waals surface area contributed by atoms with Gasteiger partial charge in [-0.2, -0.15) is 39.5 Å². The first-order valence-electron chi connectivity index (χ1n) is 8.82. The highest BCUT2D eigenvalue weighted by atomic mass is 32.1. The predicted molar refractivity (Wildman–Crippen MR) is 91.0 cm³/mol. The number of amides is 1. The molecule has 1 aromatic rings. The summed E-state index contributed by atoms with van der Waals surface area (Å²) >= 11 is 0.565. The van der Waals surface area contributed by atoms with Gasteiger partial charge in [-0.3, -0.25) is 4.79 Å². The molecule has 0 saturated carbocycles. The van der Waals surface area contributed by atoms with Crippen molar-refractivity contribution in [3.05, 3.63) is 16.0 Å². The molecule has 1 heterocycles. The second-order valence-electron chi connectivity index (χ2n) is 7.04. The predicted octanol–water partition coefficient (Wildman–Crippen LogP) is 5.60. The van der Waals surface area contributed by atoms with Gasteiger partial charge in [-0.15, -0.1) is 11.3 Å². The zero-order chi connectivity index (χ0) is 24.0. The molecule has 0 radical (unpaired) electrons. The monoisotopic (exact) mass is 485 g/mol. The number of halogens is 9. The first-order valence-corrected chi connectivity index (χ1v) is 9.64. The standard InChI is InChI=1S/C17H16F9NO3S/c1-7(2)30-12(28)10-8-5-3-4-6-9(8)31-11(10)27-13(29)14(18,19)15(20,21)16(22,23)17(24,25)26/h7H,3-6H2,1-2H3,(H,27,29). The fourth-order valence-corrected chi connectivity index (χ4v) is 4.11. The molecule has 0 aliphatic heterocycles. The van der Waals surface area contributed by atoms with Crippen LogP contribution in [0.4, 0.5) is 44.5 Å². The van der Waals surface area contributed by atoms with E-state index < -0.39 is 52.5 Å². The highest BCUT2D eigenvalue weighted by molar-refractivity contribution is 7.17. The number of aryl methyl sites for hydroxylation is 1. The van der Waals surface area contributed by atoms with Gasteiger partial charge in [-0.05, 0) is 45.1 Å². The quantitative estimate of drug-likeness (QED) is 0.422. The molecule has 0 aromatic carbocycles. The first-order chi connectivity index (χ1) is 13.9. The molecule has 0 unspecified atom stereocenters. The number of anilines is 1. The van der Waals surface area contributed by atoms with Crippen LogP contribution in [-0.4, -0.2) is 41.9 Å². The van der Waals surface area contributed by atoms with Crippen LogP contribution in [0.2, 0.25) is 0 Å². The van der Waals surface area contributed by atoms with Crippen LogP contribution >= 0.6 is 11.3 Å². The zero-order valence-electron chi connectivity index (χ0n) is 15.9. The van der Waals surface area contributed by atoms with Crippen LogP contribution in [-0.2, 0) is 22.4 Å². The lowest BCUT2D eigenvalue weighted by Crippen LogP contribution is -2.64. The molecule has 31 heavy (non-hydrogen) atoms. The number of nitrogens with one attached hydrogen (secondary N) is 1. The summed E-state index contributed by atoms with van der Waals surface area (Å²) in [6.07, 6.45) is -5.91. The number of alkyl halides is 9. The van der Waals surface area contributed by atoms with Crippen LogP contribution in [0.3, 0.4) is 0 Å². The summed E-state index contributed by atoms with van der Waals surface area (Å²) in [5, 5.41) is 0.553. The van der Waals surface area contributed by atoms with E-state index in [0.29, 0.717) is 41.0 Å². The maximum absolute atomic E-state index is 13.9. The number of thiophene rings is 1. The van der Waals surface area contributed by atoms with Gasteiger partial charge in [-0.1, -0.05) is 0 Å². The van der Waals surface area contributed by atoms with Gasteiger partial charge in [0.05, 0.1) is 11.7 Å². The van der Waals surface area contributed by atoms with Crippen molar-refractivity contribution in [3.63, 3.8) is 0 Å². The summed E-state index contributed by atoms with van der Waals surface area (Å²) in [4.78, 5) is 24.6. The number of rotatable bonds is 6. The highest BCUT2D eigenvalue weighted by Crippen LogP contribution is 2.53. The molecule has 1 aromatic heterocycles. The van der Waals surface area contributed by atoms with Crippen LogP contribution in [0.1, 0.15) is 47.5 Å². The van der Waals surface area contributed by atoms with Crippen molar-refractivity contribution in [2.75, 3.05) is 5.32 Å². The molecular weight excluding hydrogens is 469 g/mol. The van der Waals surface area contributed by atoms with E-state index in [-0.39, 0.29) is 6.42 Å². The Kier molecular flexibility index (Phi) is 6.66. The molecule has 0 atom stereocenters. The Labute approximate surface area is 173 Å². The van der Waals surface area contributed by atoms with Crippen LogP contribution in [0.15, 0.2) is 0 Å². The van der Waals surface area contributed by atoms with Gasteiger partial charge in [-0.25, -0.2) is 4.79 Å². The molecule has 0 fully saturated rings. The molecule has 1 aliphatic carbocycles. The van der Waals surface area contributed by atoms with E-state index in [2.05, 4.69) is 0 Å². The van der Waals surface area contributed by atoms with Gasteiger partial charge in [0.1, 0.15) is 5.00 Å². The Morgan fingerprint density at radius 3 is 2.00 bits per heavy atom. The van der Waals surface area contributed by atoms with Crippen molar-refractivity contribution in [1.29, 1.82) is 0 Å². The SMILES string of the molecule is CC(C)OC(=O)c1c(NC(=O)C(F)(F)C(F)(F)C(F)(F)C(F)(F)F)sc2c1CCCC2. The van der Waals surface area contributed by atoms with Gasteiger partial charge in [0.25, 0.3) is 0 Å². The van der Waals surface area contributed by atoms with Crippen molar-refractivity contribution in [2.24, 2.45) is 0 Å². The smallest absolute Gasteiger partial charge is 0.459 e. The van der Waals surface area contributed by atoms with E-state index in [0.717, 1.165) is 0 Å². The minimum atomic E-state index is -7.20. The van der Waals surface area contributed by atoms with Crippen LogP contribution in [0.25, 0.3) is 0 Å². The lowest BCUT2D eigenvalue weighted by atomic mass is 9.95. The number of fused-ring (bicyclic) bond motifs is 1. The second-order valence-corrected chi connectivity index (χ2v) is 8.15. The number of ether oxygens (including phenoxy) is 1. The second kappa shape index (κ2) is 8.17. The maximum Gasteiger partial charge on any atom is 0.460 e. The Bertz CT molecular complexity index is 862. The van der Waals surface area contributed by atoms with Crippen molar-refractivity contribution in [3.8, 4) is 0 Å². The van der Waals surface area contributed by atoms with Crippen LogP contribution < -0.4 is 5.32 Å². The van der Waals surface area contributed by atoms with E-state index in [9.17, 15) is 49.1 Å². The Hall–Kier alpha value is -1.99. The number of esters is 1. The van der Waals surface area contributed by atoms with Crippen LogP contribution in [0.5, 0.6) is 0 Å². The van der Waals surface area contributed by atoms with Crippen molar-refractivity contribution in [2.45, 2.75) is 69.6 Å². The number of hydrogen-bond acceptors (Lipinski definition) is 4. The van der Waals surface area contributed by atoms with E-state index >= 15 is 0 Å². The van der Waals surface area contributed by atoms with Gasteiger partial charge in [0, 0.05) is 4.88 Å². The summed E-state index contributed by atoms with van der Waals surface area (Å²) in [6, 6.07) is 0. The van der Waals surface area contributed by atoms with E-state index in [1.165, 1.54) is 19.2 Å². The van der Waals surface area contributed by atoms with E-state index in [1.807, 2.05) is 0 Å². The molecule has 4 nitrogen and oxygen atoms in total. The summed E-state index contributed by atoms with van der Waals surface area (Å²) in [5.74, 6) is -25.0. The van der Waals surface area contributed by atoms with Crippen molar-refractivity contribution in [1.82, 2.24) is 0 Å². The number of carbonyl (C=O) groups is 2. The first kappa shape index (κ1) is 25.3. The summed E-state index contributed by atoms with van der Waals surface area (Å²) in [6.45, 7) is 2.89. The number of hydrogen-bond donors (Lipinski definition) is 1. The molecular formula is C17H16F9NO3S. The Balaban J connectivity index is 2.45. The van der Waals surface area contributed by atoms with E-state index in [1.54, 1.807) is 0 Å². The summed E-state index contributed by atoms with van der Waals surface area (Å²) in [7, 11) is 0. The molecule has 14 heteroatoms. The molecule has 2 rings (SSSR count). The lowest BCUT2D eigenvalue weighted by molar-refractivity contribution is -0.388. The minimum Gasteiger partial charge on any atom is -0.459 e. The molecule has 176 valence electrons. The normalized spacial score (nSPS) is 15.6. The third-order valence-corrected chi connectivity index (χ3v) is 5.58. The average molecular weight is 485 g/mol. The Morgan fingerprint density at radius 2 is 1.48 bits per heavy atom. The highest BCUT2D eigenvalue weighted by Gasteiger charge is 2.83. The largest absolute Gasteiger partial charge is 0.460 e. The van der Waals surface area contributed by atoms with Gasteiger partial charge in [0.15, 0.2) is 0 Å². The fourth-order valence-electron chi connectivity index (χ4n) is 2.84. The van der Waals surface area contributed by atoms with Crippen molar-refractivity contribution >= 4 is 28.2 Å². The van der Waals surface area contributed by atoms with Crippen LogP contribution in [0, 0.1) is 0 Å². The van der Waals surface area contributed by atoms with Gasteiger partial charge >= 0.3 is 35.8 Å². The lowest BCUT2D eigenvalue weighted by Gasteiger charge is -2.32. The molecule has 1 aliphatic rings. The fraction of sp³-hybridized carbons (Fsp3) is 0.647. The minimum absolute atomic E-state index is 0.267. The van der Waals surface area contributed by atoms with Gasteiger partial charge < -0.3 is 10.1 Å². The average Bonchev–Trinajstić information content (AvgIpc) is 2.97. The zero-order valence-corrected chi connectivity index (χ0v) is 16.8.